The summed E-state index contributed by atoms with van der Waals surface area (Å²) in [5.74, 6) is -0.167. The number of nitrogens with one attached hydrogen (secondary N) is 1. The summed E-state index contributed by atoms with van der Waals surface area (Å²) in [6.45, 7) is 6.38. The zero-order valence-electron chi connectivity index (χ0n) is 15.6. The molecule has 0 saturated carbocycles. The molecule has 26 heavy (non-hydrogen) atoms. The van der Waals surface area contributed by atoms with Gasteiger partial charge in [0.25, 0.3) is 5.91 Å². The van der Waals surface area contributed by atoms with Crippen molar-refractivity contribution in [1.29, 1.82) is 0 Å². The first-order chi connectivity index (χ1) is 12.3. The second-order valence-electron chi connectivity index (χ2n) is 7.38. The topological polar surface area (TPSA) is 78.5 Å². The first-order valence-electron chi connectivity index (χ1n) is 8.63. The summed E-state index contributed by atoms with van der Waals surface area (Å²) in [5, 5.41) is 7.13. The molecule has 1 aromatic carbocycles. The molecule has 2 amide bonds. The van der Waals surface area contributed by atoms with Crippen LogP contribution < -0.4 is 4.90 Å². The van der Waals surface area contributed by atoms with E-state index in [4.69, 9.17) is 4.74 Å². The molecule has 1 N–H and O–H groups in total. The molecule has 7 heteroatoms. The second-order valence-corrected chi connectivity index (χ2v) is 7.38. The lowest BCUT2D eigenvalue weighted by molar-refractivity contribution is 0.0221. The minimum Gasteiger partial charge on any atom is -0.444 e. The monoisotopic (exact) mass is 356 g/mol. The number of benzene rings is 1. The lowest BCUT2D eigenvalue weighted by atomic mass is 10.0. The van der Waals surface area contributed by atoms with Gasteiger partial charge in [0.05, 0.1) is 12.2 Å². The Hall–Kier alpha value is -2.83. The van der Waals surface area contributed by atoms with Crippen LogP contribution in [0.5, 0.6) is 0 Å². The Morgan fingerprint density at radius 3 is 2.58 bits per heavy atom. The molecule has 1 aliphatic heterocycles. The van der Waals surface area contributed by atoms with E-state index in [9.17, 15) is 9.59 Å². The molecule has 0 fully saturated rings. The molecule has 0 bridgehead atoms. The fourth-order valence-corrected chi connectivity index (χ4v) is 2.90. The quantitative estimate of drug-likeness (QED) is 0.897. The predicted octanol–water partition coefficient (Wildman–Crippen LogP) is 2.98. The smallest absolute Gasteiger partial charge is 0.410 e. The Morgan fingerprint density at radius 2 is 1.92 bits per heavy atom. The van der Waals surface area contributed by atoms with Crippen LogP contribution in [0.2, 0.25) is 0 Å². The summed E-state index contributed by atoms with van der Waals surface area (Å²) in [7, 11) is 1.73. The maximum absolute atomic E-state index is 12.8. The van der Waals surface area contributed by atoms with Crippen LogP contribution in [-0.2, 0) is 17.7 Å². The number of para-hydroxylation sites is 1. The van der Waals surface area contributed by atoms with Gasteiger partial charge in [0, 0.05) is 24.8 Å². The molecule has 7 nitrogen and oxygen atoms in total. The van der Waals surface area contributed by atoms with Gasteiger partial charge in [-0.05, 0) is 39.3 Å². The van der Waals surface area contributed by atoms with Gasteiger partial charge in [-0.25, -0.2) is 4.79 Å². The number of aromatic amines is 1. The van der Waals surface area contributed by atoms with Crippen molar-refractivity contribution in [3.63, 3.8) is 0 Å². The summed E-state index contributed by atoms with van der Waals surface area (Å²) in [6.07, 6.45) is 0.210. The Labute approximate surface area is 152 Å². The van der Waals surface area contributed by atoms with Gasteiger partial charge in [-0.1, -0.05) is 18.2 Å². The molecule has 1 aromatic heterocycles. The minimum absolute atomic E-state index is 0.167. The van der Waals surface area contributed by atoms with E-state index in [0.29, 0.717) is 25.2 Å². The van der Waals surface area contributed by atoms with Crippen LogP contribution in [0.15, 0.2) is 30.3 Å². The van der Waals surface area contributed by atoms with Crippen molar-refractivity contribution in [3.8, 4) is 0 Å². The van der Waals surface area contributed by atoms with Gasteiger partial charge in [0.15, 0.2) is 5.69 Å². The molecule has 0 radical (unpaired) electrons. The highest BCUT2D eigenvalue weighted by molar-refractivity contribution is 6.05. The zero-order chi connectivity index (χ0) is 18.9. The van der Waals surface area contributed by atoms with Crippen molar-refractivity contribution in [1.82, 2.24) is 15.1 Å². The number of aromatic nitrogens is 2. The summed E-state index contributed by atoms with van der Waals surface area (Å²) in [4.78, 5) is 28.3. The number of H-pyrrole nitrogens is 1. The molecule has 0 saturated heterocycles. The highest BCUT2D eigenvalue weighted by Crippen LogP contribution is 2.24. The van der Waals surface area contributed by atoms with Crippen LogP contribution in [0.3, 0.4) is 0 Å². The molecule has 138 valence electrons. The van der Waals surface area contributed by atoms with Crippen molar-refractivity contribution in [2.45, 2.75) is 39.3 Å². The van der Waals surface area contributed by atoms with Gasteiger partial charge in [-0.3, -0.25) is 9.89 Å². The average Bonchev–Trinajstić information content (AvgIpc) is 3.03. The Balaban J connectivity index is 1.75. The summed E-state index contributed by atoms with van der Waals surface area (Å²) in [6, 6.07) is 9.43. The number of carbonyl (C=O) groups is 2. The number of rotatable bonds is 2. The number of anilines is 1. The van der Waals surface area contributed by atoms with Gasteiger partial charge in [-0.15, -0.1) is 0 Å². The van der Waals surface area contributed by atoms with Gasteiger partial charge in [0.1, 0.15) is 5.60 Å². The van der Waals surface area contributed by atoms with Crippen molar-refractivity contribution >= 4 is 17.7 Å². The van der Waals surface area contributed by atoms with Crippen molar-refractivity contribution in [3.05, 3.63) is 47.3 Å². The van der Waals surface area contributed by atoms with E-state index in [-0.39, 0.29) is 12.0 Å². The fraction of sp³-hybridized carbons (Fsp3) is 0.421. The average molecular weight is 356 g/mol. The first-order valence-corrected chi connectivity index (χ1v) is 8.63. The number of hydrogen-bond donors (Lipinski definition) is 1. The van der Waals surface area contributed by atoms with Crippen LogP contribution in [0.1, 0.15) is 42.5 Å². The van der Waals surface area contributed by atoms with E-state index in [2.05, 4.69) is 10.2 Å². The third kappa shape index (κ3) is 3.71. The van der Waals surface area contributed by atoms with Gasteiger partial charge >= 0.3 is 6.09 Å². The van der Waals surface area contributed by atoms with Crippen molar-refractivity contribution < 1.29 is 14.3 Å². The lowest BCUT2D eigenvalue weighted by Gasteiger charge is -2.30. The minimum atomic E-state index is -0.537. The number of amides is 2. The molecule has 2 aromatic rings. The Morgan fingerprint density at radius 1 is 1.23 bits per heavy atom. The van der Waals surface area contributed by atoms with Crippen LogP contribution in [0.4, 0.5) is 10.5 Å². The molecule has 0 atom stereocenters. The number of nitrogens with zero attached hydrogens (tertiary/aromatic N) is 3. The second kappa shape index (κ2) is 6.82. The van der Waals surface area contributed by atoms with E-state index < -0.39 is 5.60 Å². The Kier molecular flexibility index (Phi) is 4.71. The van der Waals surface area contributed by atoms with E-state index in [1.807, 2.05) is 51.1 Å². The number of fused-ring (bicyclic) bond motifs is 1. The zero-order valence-corrected chi connectivity index (χ0v) is 15.6. The Bertz CT molecular complexity index is 808. The largest absolute Gasteiger partial charge is 0.444 e. The number of ether oxygens (including phenoxy) is 1. The molecule has 0 spiro atoms. The van der Waals surface area contributed by atoms with Crippen molar-refractivity contribution in [2.24, 2.45) is 0 Å². The van der Waals surface area contributed by atoms with E-state index in [0.717, 1.165) is 16.9 Å². The van der Waals surface area contributed by atoms with Crippen LogP contribution in [0, 0.1) is 0 Å². The molecule has 2 heterocycles. The van der Waals surface area contributed by atoms with Crippen molar-refractivity contribution in [2.75, 3.05) is 18.5 Å². The van der Waals surface area contributed by atoms with Gasteiger partial charge < -0.3 is 14.5 Å². The third-order valence-corrected chi connectivity index (χ3v) is 4.24. The molecule has 0 aliphatic carbocycles. The summed E-state index contributed by atoms with van der Waals surface area (Å²) >= 11 is 0. The molecular weight excluding hydrogens is 332 g/mol. The van der Waals surface area contributed by atoms with E-state index in [1.54, 1.807) is 16.8 Å². The third-order valence-electron chi connectivity index (χ3n) is 4.24. The molecule has 1 aliphatic rings. The number of hydrogen-bond acceptors (Lipinski definition) is 4. The summed E-state index contributed by atoms with van der Waals surface area (Å²) in [5.41, 5.74) is 2.34. The lowest BCUT2D eigenvalue weighted by Crippen LogP contribution is -2.40. The standard InChI is InChI=1S/C19H24N4O3/c1-19(2,3)26-18(25)23-11-10-14-15(12-23)20-21-16(14)17(24)22(4)13-8-6-5-7-9-13/h5-9H,10-12H2,1-4H3,(H,20,21). The molecule has 3 rings (SSSR count). The van der Waals surface area contributed by atoms with E-state index in [1.165, 1.54) is 0 Å². The van der Waals surface area contributed by atoms with Crippen LogP contribution in [0.25, 0.3) is 0 Å². The van der Waals surface area contributed by atoms with Gasteiger partial charge in [-0.2, -0.15) is 5.10 Å². The molecule has 0 unspecified atom stereocenters. The maximum atomic E-state index is 12.8. The van der Waals surface area contributed by atoms with E-state index >= 15 is 0 Å². The fourth-order valence-electron chi connectivity index (χ4n) is 2.90. The SMILES string of the molecule is CN(C(=O)c1n[nH]c2c1CCN(C(=O)OC(C)(C)C)C2)c1ccccc1. The highest BCUT2D eigenvalue weighted by atomic mass is 16.6. The van der Waals surface area contributed by atoms with Crippen LogP contribution in [-0.4, -0.2) is 46.3 Å². The summed E-state index contributed by atoms with van der Waals surface area (Å²) < 4.78 is 5.42. The van der Waals surface area contributed by atoms with Crippen LogP contribution >= 0.6 is 0 Å². The first kappa shape index (κ1) is 18.0. The maximum Gasteiger partial charge on any atom is 0.410 e. The van der Waals surface area contributed by atoms with Gasteiger partial charge in [0.2, 0.25) is 0 Å². The normalized spacial score (nSPS) is 13.9. The predicted molar refractivity (Wildman–Crippen MR) is 98.1 cm³/mol. The number of carbonyl (C=O) groups excluding carboxylic acids is 2. The molecular formula is C19H24N4O3. The highest BCUT2D eigenvalue weighted by Gasteiger charge is 2.30.